The lowest BCUT2D eigenvalue weighted by Crippen LogP contribution is -2.54. The van der Waals surface area contributed by atoms with E-state index < -0.39 is 0 Å². The third kappa shape index (κ3) is 4.43. The molecular weight excluding hydrogens is 434 g/mol. The van der Waals surface area contributed by atoms with Gasteiger partial charge in [-0.25, -0.2) is 0 Å². The van der Waals surface area contributed by atoms with Crippen LogP contribution in [0, 0.1) is 46.3 Å². The molecule has 0 unspecified atom stereocenters. The summed E-state index contributed by atoms with van der Waals surface area (Å²) in [6, 6.07) is 7.65. The van der Waals surface area contributed by atoms with Crippen LogP contribution in [0.1, 0.15) is 91.4 Å². The Morgan fingerprint density at radius 2 is 1.80 bits per heavy atom. The van der Waals surface area contributed by atoms with Gasteiger partial charge in [0, 0.05) is 6.42 Å². The maximum atomic E-state index is 12.8. The lowest BCUT2D eigenvalue weighted by Gasteiger charge is -2.61. The summed E-state index contributed by atoms with van der Waals surface area (Å²) in [5, 5.41) is 13.4. The molecule has 4 fully saturated rings. The lowest BCUT2D eigenvalue weighted by atomic mass is 9.44. The van der Waals surface area contributed by atoms with Crippen LogP contribution < -0.4 is 10.1 Å². The number of methoxy groups -OCH3 is 1. The zero-order valence-corrected chi connectivity index (χ0v) is 22.4. The number of anilines is 1. The third-order valence-corrected chi connectivity index (χ3v) is 11.6. The largest absolute Gasteiger partial charge is 0.495 e. The highest BCUT2D eigenvalue weighted by Gasteiger charge is 2.60. The number of benzene rings is 1. The van der Waals surface area contributed by atoms with Crippen molar-refractivity contribution >= 4 is 11.6 Å². The van der Waals surface area contributed by atoms with Crippen LogP contribution in [0.3, 0.4) is 0 Å². The second kappa shape index (κ2) is 9.72. The van der Waals surface area contributed by atoms with Crippen molar-refractivity contribution in [1.82, 2.24) is 0 Å². The average Bonchev–Trinajstić information content (AvgIpc) is 3.20. The summed E-state index contributed by atoms with van der Waals surface area (Å²) in [7, 11) is 1.64. The highest BCUT2D eigenvalue weighted by atomic mass is 16.5. The maximum Gasteiger partial charge on any atom is 0.224 e. The first kappa shape index (κ1) is 25.1. The summed E-state index contributed by atoms with van der Waals surface area (Å²) >= 11 is 0. The van der Waals surface area contributed by atoms with Gasteiger partial charge in [-0.15, -0.1) is 0 Å². The molecule has 0 bridgehead atoms. The molecule has 4 aliphatic carbocycles. The standard InChI is InChI=1S/C31H47NO3/c1-20(9-14-29(34)32-27-7-5-6-8-28(27)35-4)24-12-13-25-23-11-10-21-19-22(33)15-17-30(21,2)26(23)16-18-31(24,25)3/h5-8,20-26,33H,9-19H2,1-4H3,(H,32,34)/t20-,21-,22-,23+,24-,25+,26+,30+,31-/m1/s1. The Bertz CT molecular complexity index is 916. The van der Waals surface area contributed by atoms with E-state index in [1.165, 1.54) is 44.9 Å². The van der Waals surface area contributed by atoms with Gasteiger partial charge in [0.2, 0.25) is 5.91 Å². The quantitative estimate of drug-likeness (QED) is 0.457. The molecule has 0 aromatic heterocycles. The number of para-hydroxylation sites is 2. The van der Waals surface area contributed by atoms with Crippen molar-refractivity contribution in [3.8, 4) is 5.75 Å². The molecule has 4 heteroatoms. The van der Waals surface area contributed by atoms with Crippen LogP contribution in [-0.4, -0.2) is 24.2 Å². The van der Waals surface area contributed by atoms with Crippen molar-refractivity contribution in [3.05, 3.63) is 24.3 Å². The first-order valence-corrected chi connectivity index (χ1v) is 14.4. The Kier molecular flexibility index (Phi) is 6.98. The average molecular weight is 482 g/mol. The predicted molar refractivity (Wildman–Crippen MR) is 141 cm³/mol. The van der Waals surface area contributed by atoms with Gasteiger partial charge in [-0.3, -0.25) is 4.79 Å². The Morgan fingerprint density at radius 3 is 2.60 bits per heavy atom. The molecule has 0 aliphatic heterocycles. The lowest BCUT2D eigenvalue weighted by molar-refractivity contribution is -0.129. The number of aliphatic hydroxyl groups excluding tert-OH is 1. The molecule has 5 rings (SSSR count). The second-order valence-electron chi connectivity index (χ2n) is 13.1. The molecule has 1 aromatic carbocycles. The van der Waals surface area contributed by atoms with Gasteiger partial charge in [0.1, 0.15) is 5.75 Å². The minimum absolute atomic E-state index is 0.0598. The van der Waals surface area contributed by atoms with Gasteiger partial charge in [0.05, 0.1) is 18.9 Å². The van der Waals surface area contributed by atoms with Crippen LogP contribution in [0.5, 0.6) is 5.75 Å². The normalized spacial score (nSPS) is 41.3. The monoisotopic (exact) mass is 481 g/mol. The zero-order chi connectivity index (χ0) is 24.8. The summed E-state index contributed by atoms with van der Waals surface area (Å²) in [4.78, 5) is 12.8. The van der Waals surface area contributed by atoms with Gasteiger partial charge in [-0.1, -0.05) is 32.9 Å². The minimum atomic E-state index is -0.0598. The molecule has 0 spiro atoms. The number of ether oxygens (including phenoxy) is 1. The van der Waals surface area contributed by atoms with Gasteiger partial charge >= 0.3 is 0 Å². The summed E-state index contributed by atoms with van der Waals surface area (Å²) < 4.78 is 5.39. The second-order valence-corrected chi connectivity index (χ2v) is 13.1. The number of carbonyl (C=O) groups excluding carboxylic acids is 1. The van der Waals surface area contributed by atoms with E-state index in [1.807, 2.05) is 24.3 Å². The Hall–Kier alpha value is -1.55. The summed E-state index contributed by atoms with van der Waals surface area (Å²) in [5.41, 5.74) is 1.64. The van der Waals surface area contributed by atoms with Crippen molar-refractivity contribution < 1.29 is 14.6 Å². The molecule has 0 heterocycles. The number of aliphatic hydroxyl groups is 1. The van der Waals surface area contributed by atoms with Crippen molar-refractivity contribution in [2.45, 2.75) is 97.5 Å². The Balaban J connectivity index is 1.21. The van der Waals surface area contributed by atoms with Gasteiger partial charge < -0.3 is 15.2 Å². The fraction of sp³-hybridized carbons (Fsp3) is 0.774. The van der Waals surface area contributed by atoms with E-state index in [-0.39, 0.29) is 12.0 Å². The highest BCUT2D eigenvalue weighted by molar-refractivity contribution is 5.92. The van der Waals surface area contributed by atoms with Crippen LogP contribution >= 0.6 is 0 Å². The molecule has 1 amide bonds. The molecule has 2 N–H and O–H groups in total. The van der Waals surface area contributed by atoms with E-state index in [0.29, 0.717) is 28.9 Å². The molecule has 4 nitrogen and oxygen atoms in total. The van der Waals surface area contributed by atoms with Crippen LogP contribution in [-0.2, 0) is 4.79 Å². The van der Waals surface area contributed by atoms with Gasteiger partial charge in [-0.05, 0) is 123 Å². The van der Waals surface area contributed by atoms with E-state index in [4.69, 9.17) is 4.74 Å². The van der Waals surface area contributed by atoms with Crippen LogP contribution in [0.2, 0.25) is 0 Å². The van der Waals surface area contributed by atoms with E-state index in [0.717, 1.165) is 54.5 Å². The van der Waals surface area contributed by atoms with E-state index in [9.17, 15) is 9.90 Å². The topological polar surface area (TPSA) is 58.6 Å². The van der Waals surface area contributed by atoms with Crippen molar-refractivity contribution in [1.29, 1.82) is 0 Å². The van der Waals surface area contributed by atoms with E-state index >= 15 is 0 Å². The first-order valence-electron chi connectivity index (χ1n) is 14.4. The first-order chi connectivity index (χ1) is 16.8. The SMILES string of the molecule is COc1ccccc1NC(=O)CC[C@@H](C)[C@H]1CC[C@H]2[C@@H]3CC[C@@H]4C[C@H](O)CC[C@]4(C)[C@H]3CC[C@]12C. The number of carbonyl (C=O) groups is 1. The minimum Gasteiger partial charge on any atom is -0.495 e. The molecule has 4 aliphatic rings. The van der Waals surface area contributed by atoms with Crippen molar-refractivity contribution in [2.75, 3.05) is 12.4 Å². The summed E-state index contributed by atoms with van der Waals surface area (Å²) in [6.07, 6.45) is 12.9. The molecular formula is C31H47NO3. The number of hydrogen-bond acceptors (Lipinski definition) is 3. The van der Waals surface area contributed by atoms with Crippen LogP contribution in [0.4, 0.5) is 5.69 Å². The molecule has 1 aromatic rings. The summed E-state index contributed by atoms with van der Waals surface area (Å²) in [6.45, 7) is 7.59. The van der Waals surface area contributed by atoms with Crippen LogP contribution in [0.25, 0.3) is 0 Å². The van der Waals surface area contributed by atoms with Gasteiger partial charge in [0.25, 0.3) is 0 Å². The number of hydrogen-bond donors (Lipinski definition) is 2. The van der Waals surface area contributed by atoms with E-state index in [2.05, 4.69) is 26.1 Å². The molecule has 194 valence electrons. The fourth-order valence-electron chi connectivity index (χ4n) is 9.73. The zero-order valence-electron chi connectivity index (χ0n) is 22.4. The summed E-state index contributed by atoms with van der Waals surface area (Å²) in [5.74, 6) is 5.41. The van der Waals surface area contributed by atoms with Crippen LogP contribution in [0.15, 0.2) is 24.3 Å². The van der Waals surface area contributed by atoms with Gasteiger partial charge in [0.15, 0.2) is 0 Å². The number of nitrogens with one attached hydrogen (secondary N) is 1. The number of fused-ring (bicyclic) bond motifs is 5. The molecule has 0 radical (unpaired) electrons. The Labute approximate surface area is 212 Å². The Morgan fingerprint density at radius 1 is 1.06 bits per heavy atom. The number of amides is 1. The molecule has 9 atom stereocenters. The smallest absolute Gasteiger partial charge is 0.224 e. The highest BCUT2D eigenvalue weighted by Crippen LogP contribution is 2.68. The maximum absolute atomic E-state index is 12.8. The molecule has 0 saturated heterocycles. The number of rotatable bonds is 6. The van der Waals surface area contributed by atoms with Gasteiger partial charge in [-0.2, -0.15) is 0 Å². The fourth-order valence-corrected chi connectivity index (χ4v) is 9.73. The molecule has 4 saturated carbocycles. The predicted octanol–water partition coefficient (Wildman–Crippen LogP) is 7.07. The van der Waals surface area contributed by atoms with Crippen molar-refractivity contribution in [2.24, 2.45) is 46.3 Å². The van der Waals surface area contributed by atoms with Crippen molar-refractivity contribution in [3.63, 3.8) is 0 Å². The third-order valence-electron chi connectivity index (χ3n) is 11.6. The van der Waals surface area contributed by atoms with E-state index in [1.54, 1.807) is 7.11 Å². The molecule has 35 heavy (non-hydrogen) atoms.